The first-order valence-corrected chi connectivity index (χ1v) is 7.16. The van der Waals surface area contributed by atoms with E-state index in [0.717, 1.165) is 13.0 Å². The molecular weight excluding hydrogens is 230 g/mol. The van der Waals surface area contributed by atoms with Gasteiger partial charge in [-0.25, -0.2) is 0 Å². The summed E-state index contributed by atoms with van der Waals surface area (Å²) in [5.74, 6) is 0. The van der Waals surface area contributed by atoms with Crippen molar-refractivity contribution in [3.05, 3.63) is 71.3 Å². The van der Waals surface area contributed by atoms with Crippen LogP contribution in [0, 0.1) is 0 Å². The van der Waals surface area contributed by atoms with Crippen LogP contribution >= 0.6 is 0 Å². The van der Waals surface area contributed by atoms with Gasteiger partial charge < -0.3 is 0 Å². The fraction of sp³-hybridized carbons (Fsp3) is 0.333. The smallest absolute Gasteiger partial charge is 0.0328 e. The minimum absolute atomic E-state index is 0.476. The van der Waals surface area contributed by atoms with Crippen LogP contribution < -0.4 is 0 Å². The standard InChI is InChI=1S/C18H21N/c1-14(16-8-4-3-5-9-16)19-13-12-17-10-6-7-11-18(17)15(19)2/h3-11,14-15H,12-13H2,1-2H3/t14-,15-/m0/s1. The molecule has 1 heteroatoms. The molecule has 0 unspecified atom stereocenters. The summed E-state index contributed by atoms with van der Waals surface area (Å²) in [6.07, 6.45) is 1.16. The second-order valence-electron chi connectivity index (χ2n) is 5.45. The zero-order chi connectivity index (χ0) is 13.2. The van der Waals surface area contributed by atoms with Crippen LogP contribution in [0.15, 0.2) is 54.6 Å². The Morgan fingerprint density at radius 3 is 2.47 bits per heavy atom. The van der Waals surface area contributed by atoms with Gasteiger partial charge in [0, 0.05) is 18.6 Å². The summed E-state index contributed by atoms with van der Waals surface area (Å²) in [7, 11) is 0. The molecule has 0 saturated carbocycles. The van der Waals surface area contributed by atoms with E-state index in [1.54, 1.807) is 0 Å². The highest BCUT2D eigenvalue weighted by atomic mass is 15.2. The predicted molar refractivity (Wildman–Crippen MR) is 80.1 cm³/mol. The Kier molecular flexibility index (Phi) is 3.39. The Bertz CT molecular complexity index is 547. The number of fused-ring (bicyclic) bond motifs is 1. The van der Waals surface area contributed by atoms with Gasteiger partial charge in [-0.1, -0.05) is 54.6 Å². The van der Waals surface area contributed by atoms with Gasteiger partial charge in [-0.15, -0.1) is 0 Å². The normalized spacial score (nSPS) is 20.8. The van der Waals surface area contributed by atoms with E-state index in [0.29, 0.717) is 12.1 Å². The SMILES string of the molecule is C[C@@H](c1ccccc1)N1CCc2ccccc2[C@@H]1C. The Morgan fingerprint density at radius 2 is 1.68 bits per heavy atom. The summed E-state index contributed by atoms with van der Waals surface area (Å²) < 4.78 is 0. The molecular formula is C18H21N. The average Bonchev–Trinajstić information content (AvgIpc) is 2.48. The number of hydrogen-bond donors (Lipinski definition) is 0. The molecule has 0 bridgehead atoms. The van der Waals surface area contributed by atoms with E-state index in [-0.39, 0.29) is 0 Å². The third-order valence-corrected chi connectivity index (χ3v) is 4.42. The Balaban J connectivity index is 1.88. The van der Waals surface area contributed by atoms with Gasteiger partial charge in [0.05, 0.1) is 0 Å². The van der Waals surface area contributed by atoms with E-state index in [9.17, 15) is 0 Å². The minimum Gasteiger partial charge on any atom is -0.290 e. The largest absolute Gasteiger partial charge is 0.290 e. The maximum absolute atomic E-state index is 2.61. The first-order valence-electron chi connectivity index (χ1n) is 7.16. The zero-order valence-corrected chi connectivity index (χ0v) is 11.7. The molecule has 98 valence electrons. The molecule has 2 atom stereocenters. The molecule has 2 aromatic rings. The lowest BCUT2D eigenvalue weighted by Gasteiger charge is -2.39. The highest BCUT2D eigenvalue weighted by Crippen LogP contribution is 2.35. The first kappa shape index (κ1) is 12.4. The van der Waals surface area contributed by atoms with Crippen molar-refractivity contribution < 1.29 is 0 Å². The van der Waals surface area contributed by atoms with Crippen molar-refractivity contribution in [1.29, 1.82) is 0 Å². The van der Waals surface area contributed by atoms with Crippen LogP contribution in [0.1, 0.15) is 42.6 Å². The van der Waals surface area contributed by atoms with Crippen molar-refractivity contribution in [3.8, 4) is 0 Å². The lowest BCUT2D eigenvalue weighted by molar-refractivity contribution is 0.144. The fourth-order valence-corrected chi connectivity index (χ4v) is 3.24. The Labute approximate surface area is 115 Å². The van der Waals surface area contributed by atoms with Crippen molar-refractivity contribution in [2.75, 3.05) is 6.54 Å². The van der Waals surface area contributed by atoms with Crippen molar-refractivity contribution >= 4 is 0 Å². The minimum atomic E-state index is 0.476. The van der Waals surface area contributed by atoms with Crippen LogP contribution in [0.5, 0.6) is 0 Å². The summed E-state index contributed by atoms with van der Waals surface area (Å²) in [6, 6.07) is 20.7. The molecule has 1 heterocycles. The molecule has 3 rings (SSSR count). The topological polar surface area (TPSA) is 3.24 Å². The molecule has 0 amide bonds. The summed E-state index contributed by atoms with van der Waals surface area (Å²) >= 11 is 0. The molecule has 1 nitrogen and oxygen atoms in total. The van der Waals surface area contributed by atoms with E-state index >= 15 is 0 Å². The molecule has 1 aliphatic rings. The van der Waals surface area contributed by atoms with Crippen molar-refractivity contribution in [2.45, 2.75) is 32.4 Å². The zero-order valence-electron chi connectivity index (χ0n) is 11.7. The first-order chi connectivity index (χ1) is 9.27. The highest BCUT2D eigenvalue weighted by molar-refractivity contribution is 5.33. The number of hydrogen-bond acceptors (Lipinski definition) is 1. The van der Waals surface area contributed by atoms with Crippen LogP contribution in [0.4, 0.5) is 0 Å². The quantitative estimate of drug-likeness (QED) is 0.766. The summed E-state index contributed by atoms with van der Waals surface area (Å²) in [5, 5.41) is 0. The van der Waals surface area contributed by atoms with Crippen LogP contribution in [0.2, 0.25) is 0 Å². The van der Waals surface area contributed by atoms with Crippen LogP contribution in [0.3, 0.4) is 0 Å². The lowest BCUT2D eigenvalue weighted by Crippen LogP contribution is -2.35. The van der Waals surface area contributed by atoms with Gasteiger partial charge in [0.1, 0.15) is 0 Å². The van der Waals surface area contributed by atoms with Gasteiger partial charge >= 0.3 is 0 Å². The van der Waals surface area contributed by atoms with Crippen molar-refractivity contribution in [2.24, 2.45) is 0 Å². The van der Waals surface area contributed by atoms with E-state index in [2.05, 4.69) is 73.3 Å². The van der Waals surface area contributed by atoms with Crippen LogP contribution in [-0.4, -0.2) is 11.4 Å². The van der Waals surface area contributed by atoms with Gasteiger partial charge in [0.15, 0.2) is 0 Å². The number of benzene rings is 2. The molecule has 1 aliphatic heterocycles. The van der Waals surface area contributed by atoms with Crippen LogP contribution in [0.25, 0.3) is 0 Å². The lowest BCUT2D eigenvalue weighted by atomic mass is 9.91. The molecule has 0 radical (unpaired) electrons. The molecule has 0 aliphatic carbocycles. The highest BCUT2D eigenvalue weighted by Gasteiger charge is 2.27. The molecule has 0 fully saturated rings. The van der Waals surface area contributed by atoms with Gasteiger partial charge in [0.25, 0.3) is 0 Å². The van der Waals surface area contributed by atoms with Crippen molar-refractivity contribution in [3.63, 3.8) is 0 Å². The molecule has 2 aromatic carbocycles. The molecule has 19 heavy (non-hydrogen) atoms. The molecule has 0 spiro atoms. The number of nitrogens with zero attached hydrogens (tertiary/aromatic N) is 1. The summed E-state index contributed by atoms with van der Waals surface area (Å²) in [6.45, 7) is 5.80. The fourth-order valence-electron chi connectivity index (χ4n) is 3.24. The van der Waals surface area contributed by atoms with Gasteiger partial charge in [-0.05, 0) is 37.0 Å². The van der Waals surface area contributed by atoms with Gasteiger partial charge in [0.2, 0.25) is 0 Å². The second-order valence-corrected chi connectivity index (χ2v) is 5.45. The van der Waals surface area contributed by atoms with E-state index in [1.807, 2.05) is 0 Å². The summed E-state index contributed by atoms with van der Waals surface area (Å²) in [4.78, 5) is 2.61. The van der Waals surface area contributed by atoms with E-state index in [4.69, 9.17) is 0 Å². The Hall–Kier alpha value is -1.60. The van der Waals surface area contributed by atoms with Crippen LogP contribution in [-0.2, 0) is 6.42 Å². The van der Waals surface area contributed by atoms with Crippen molar-refractivity contribution in [1.82, 2.24) is 4.90 Å². The average molecular weight is 251 g/mol. The van der Waals surface area contributed by atoms with E-state index < -0.39 is 0 Å². The maximum atomic E-state index is 2.61. The monoisotopic (exact) mass is 251 g/mol. The molecule has 0 saturated heterocycles. The molecule has 0 N–H and O–H groups in total. The van der Waals surface area contributed by atoms with Gasteiger partial charge in [-0.3, -0.25) is 4.90 Å². The predicted octanol–water partition coefficient (Wildman–Crippen LogP) is 4.37. The third-order valence-electron chi connectivity index (χ3n) is 4.42. The molecule has 0 aromatic heterocycles. The maximum Gasteiger partial charge on any atom is 0.0328 e. The van der Waals surface area contributed by atoms with E-state index in [1.165, 1.54) is 16.7 Å². The Morgan fingerprint density at radius 1 is 1.00 bits per heavy atom. The number of rotatable bonds is 2. The summed E-state index contributed by atoms with van der Waals surface area (Å²) in [5.41, 5.74) is 4.43. The van der Waals surface area contributed by atoms with Gasteiger partial charge in [-0.2, -0.15) is 0 Å². The second kappa shape index (κ2) is 5.18. The third kappa shape index (κ3) is 2.31.